The second-order valence-electron chi connectivity index (χ2n) is 12.4. The monoisotopic (exact) mass is 653 g/mol. The second kappa shape index (κ2) is 14.0. The highest BCUT2D eigenvalue weighted by Gasteiger charge is 2.36. The summed E-state index contributed by atoms with van der Waals surface area (Å²) in [6, 6.07) is 19.5. The minimum absolute atomic E-state index is 0.000616. The van der Waals surface area contributed by atoms with Crippen LogP contribution >= 0.6 is 11.6 Å². The molecule has 0 radical (unpaired) electrons. The maximum absolute atomic E-state index is 13.9. The summed E-state index contributed by atoms with van der Waals surface area (Å²) in [5.41, 5.74) is 4.75. The van der Waals surface area contributed by atoms with Crippen molar-refractivity contribution in [1.29, 1.82) is 0 Å². The molecule has 2 aliphatic rings. The molecular weight excluding hydrogens is 610 g/mol. The van der Waals surface area contributed by atoms with Gasteiger partial charge in [0.15, 0.2) is 11.5 Å². The third-order valence-corrected chi connectivity index (χ3v) is 10.0. The van der Waals surface area contributed by atoms with E-state index in [1.54, 1.807) is 7.11 Å². The van der Waals surface area contributed by atoms with Gasteiger partial charge < -0.3 is 19.3 Å². The van der Waals surface area contributed by atoms with Crippen LogP contribution in [0.15, 0.2) is 60.7 Å². The number of amides is 1. The molecule has 1 aliphatic carbocycles. The number of nitrogens with zero attached hydrogens (tertiary/aromatic N) is 2. The summed E-state index contributed by atoms with van der Waals surface area (Å²) in [4.78, 5) is 18.0. The largest absolute Gasteiger partial charge is 0.493 e. The standard InChI is InChI=1S/C35H44ClN3O5S/c1-6-23(2)44-33-21-31-26(19-32(33)43-4)20-34(40)39(35(31)25-9-11-27(36)12-10-25)30-17-15-29(16-18-30)38(3)22-24-7-13-28(14-8-24)37-45(5,41)42/h9-12,15-19,21,23-24,28,35,37H,6-8,13-14,20,22H2,1-5H3/t23-,24?,28?,35?/m1/s1. The zero-order chi connectivity index (χ0) is 32.3. The summed E-state index contributed by atoms with van der Waals surface area (Å²) >= 11 is 6.27. The Hall–Kier alpha value is -3.27. The lowest BCUT2D eigenvalue weighted by atomic mass is 9.86. The first-order chi connectivity index (χ1) is 21.5. The van der Waals surface area contributed by atoms with E-state index >= 15 is 0 Å². The van der Waals surface area contributed by atoms with Crippen LogP contribution in [-0.4, -0.2) is 53.4 Å². The van der Waals surface area contributed by atoms with Crippen LogP contribution < -0.4 is 24.0 Å². The number of fused-ring (bicyclic) bond motifs is 1. The predicted octanol–water partition coefficient (Wildman–Crippen LogP) is 6.75. The smallest absolute Gasteiger partial charge is 0.232 e. The molecule has 0 bridgehead atoms. The number of hydrogen-bond donors (Lipinski definition) is 1. The molecule has 1 aliphatic heterocycles. The summed E-state index contributed by atoms with van der Waals surface area (Å²) in [6.07, 6.45) is 6.00. The average Bonchev–Trinajstić information content (AvgIpc) is 3.01. The van der Waals surface area contributed by atoms with Crippen molar-refractivity contribution in [2.75, 3.05) is 36.8 Å². The lowest BCUT2D eigenvalue weighted by Crippen LogP contribution is -2.41. The Morgan fingerprint density at radius 2 is 1.69 bits per heavy atom. The topological polar surface area (TPSA) is 88.2 Å². The molecule has 45 heavy (non-hydrogen) atoms. The third-order valence-electron chi connectivity index (χ3n) is 9.01. The summed E-state index contributed by atoms with van der Waals surface area (Å²) in [5.74, 6) is 1.78. The van der Waals surface area contributed by atoms with Crippen LogP contribution in [0.25, 0.3) is 0 Å². The summed E-state index contributed by atoms with van der Waals surface area (Å²) in [7, 11) is 0.525. The maximum Gasteiger partial charge on any atom is 0.232 e. The van der Waals surface area contributed by atoms with Crippen molar-refractivity contribution in [2.45, 2.75) is 70.6 Å². The molecule has 0 aromatic heterocycles. The molecule has 1 N–H and O–H groups in total. The number of halogens is 1. The van der Waals surface area contributed by atoms with Gasteiger partial charge in [0.05, 0.1) is 31.9 Å². The van der Waals surface area contributed by atoms with Gasteiger partial charge in [-0.15, -0.1) is 0 Å². The molecule has 1 saturated carbocycles. The van der Waals surface area contributed by atoms with E-state index in [0.29, 0.717) is 22.4 Å². The van der Waals surface area contributed by atoms with Gasteiger partial charge >= 0.3 is 0 Å². The Bertz CT molecular complexity index is 1590. The fourth-order valence-corrected chi connectivity index (χ4v) is 7.47. The van der Waals surface area contributed by atoms with Gasteiger partial charge in [-0.1, -0.05) is 30.7 Å². The Balaban J connectivity index is 1.40. The Labute approximate surface area is 272 Å². The first-order valence-corrected chi connectivity index (χ1v) is 18.0. The molecular formula is C35H44ClN3O5S. The number of nitrogens with one attached hydrogen (secondary N) is 1. The second-order valence-corrected chi connectivity index (χ2v) is 14.7. The van der Waals surface area contributed by atoms with Crippen LogP contribution in [0.4, 0.5) is 11.4 Å². The Morgan fingerprint density at radius 3 is 2.29 bits per heavy atom. The lowest BCUT2D eigenvalue weighted by Gasteiger charge is -2.38. The number of methoxy groups -OCH3 is 1. The van der Waals surface area contributed by atoms with Crippen LogP contribution in [0.3, 0.4) is 0 Å². The molecule has 1 amide bonds. The Kier molecular flexibility index (Phi) is 10.3. The van der Waals surface area contributed by atoms with Gasteiger partial charge in [0.1, 0.15) is 0 Å². The highest BCUT2D eigenvalue weighted by atomic mass is 35.5. The zero-order valence-electron chi connectivity index (χ0n) is 26.8. The molecule has 2 atom stereocenters. The molecule has 3 aromatic rings. The molecule has 1 heterocycles. The average molecular weight is 654 g/mol. The summed E-state index contributed by atoms with van der Waals surface area (Å²) < 4.78 is 37.9. The molecule has 0 spiro atoms. The molecule has 0 saturated heterocycles. The van der Waals surface area contributed by atoms with Crippen molar-refractivity contribution < 1.29 is 22.7 Å². The number of hydrogen-bond acceptors (Lipinski definition) is 6. The number of rotatable bonds is 11. The van der Waals surface area contributed by atoms with Crippen molar-refractivity contribution in [2.24, 2.45) is 5.92 Å². The third kappa shape index (κ3) is 7.94. The van der Waals surface area contributed by atoms with E-state index in [2.05, 4.69) is 35.7 Å². The molecule has 242 valence electrons. The van der Waals surface area contributed by atoms with Gasteiger partial charge in [0.25, 0.3) is 0 Å². The molecule has 8 nitrogen and oxygen atoms in total. The van der Waals surface area contributed by atoms with Gasteiger partial charge in [0.2, 0.25) is 15.9 Å². The summed E-state index contributed by atoms with van der Waals surface area (Å²) in [5, 5.41) is 0.635. The quantitative estimate of drug-likeness (QED) is 0.246. The molecule has 1 fully saturated rings. The number of anilines is 2. The molecule has 10 heteroatoms. The van der Waals surface area contributed by atoms with Gasteiger partial charge in [-0.2, -0.15) is 0 Å². The first kappa shape index (κ1) is 33.1. The fourth-order valence-electron chi connectivity index (χ4n) is 6.50. The highest BCUT2D eigenvalue weighted by Crippen LogP contribution is 2.44. The number of carbonyl (C=O) groups excluding carboxylic acids is 1. The van der Waals surface area contributed by atoms with Crippen molar-refractivity contribution in [3.63, 3.8) is 0 Å². The van der Waals surface area contributed by atoms with Gasteiger partial charge in [0, 0.05) is 36.0 Å². The van der Waals surface area contributed by atoms with Crippen molar-refractivity contribution >= 4 is 38.9 Å². The molecule has 1 unspecified atom stereocenters. The van der Waals surface area contributed by atoms with Gasteiger partial charge in [-0.05, 0) is 110 Å². The van der Waals surface area contributed by atoms with Crippen LogP contribution in [0.1, 0.15) is 68.7 Å². The fraction of sp³-hybridized carbons (Fsp3) is 0.457. The zero-order valence-corrected chi connectivity index (χ0v) is 28.3. The SMILES string of the molecule is CC[C@@H](C)Oc1cc2c(cc1OC)CC(=O)N(c1ccc(N(C)CC3CCC(NS(C)(=O)=O)CC3)cc1)C2c1ccc(Cl)cc1. The van der Waals surface area contributed by atoms with E-state index in [0.717, 1.165) is 66.7 Å². The lowest BCUT2D eigenvalue weighted by molar-refractivity contribution is -0.118. The van der Waals surface area contributed by atoms with E-state index in [9.17, 15) is 13.2 Å². The number of ether oxygens (including phenoxy) is 2. The number of sulfonamides is 1. The van der Waals surface area contributed by atoms with E-state index in [4.69, 9.17) is 21.1 Å². The van der Waals surface area contributed by atoms with Crippen molar-refractivity contribution in [3.8, 4) is 11.5 Å². The molecule has 5 rings (SSSR count). The van der Waals surface area contributed by atoms with E-state index in [1.165, 1.54) is 6.26 Å². The minimum Gasteiger partial charge on any atom is -0.493 e. The van der Waals surface area contributed by atoms with Gasteiger partial charge in [-0.25, -0.2) is 13.1 Å². The predicted molar refractivity (Wildman–Crippen MR) is 181 cm³/mol. The van der Waals surface area contributed by atoms with Crippen molar-refractivity contribution in [3.05, 3.63) is 82.4 Å². The van der Waals surface area contributed by atoms with Gasteiger partial charge in [-0.3, -0.25) is 4.79 Å². The molecule has 3 aromatic carbocycles. The first-order valence-electron chi connectivity index (χ1n) is 15.7. The highest BCUT2D eigenvalue weighted by molar-refractivity contribution is 7.88. The van der Waals surface area contributed by atoms with Crippen molar-refractivity contribution in [1.82, 2.24) is 4.72 Å². The van der Waals surface area contributed by atoms with Crippen LogP contribution in [-0.2, 0) is 21.2 Å². The van der Waals surface area contributed by atoms with Crippen LogP contribution in [0.2, 0.25) is 5.02 Å². The van der Waals surface area contributed by atoms with E-state index in [1.807, 2.05) is 60.4 Å². The number of carbonyl (C=O) groups is 1. The van der Waals surface area contributed by atoms with Crippen LogP contribution in [0, 0.1) is 5.92 Å². The Morgan fingerprint density at radius 1 is 1.02 bits per heavy atom. The number of benzene rings is 3. The van der Waals surface area contributed by atoms with E-state index < -0.39 is 10.0 Å². The van der Waals surface area contributed by atoms with Crippen LogP contribution in [0.5, 0.6) is 11.5 Å². The normalized spacial score (nSPS) is 20.8. The van der Waals surface area contributed by atoms with E-state index in [-0.39, 0.29) is 30.5 Å². The maximum atomic E-state index is 13.9. The summed E-state index contributed by atoms with van der Waals surface area (Å²) in [6.45, 7) is 5.00. The minimum atomic E-state index is -3.18.